The van der Waals surface area contributed by atoms with Gasteiger partial charge in [-0.1, -0.05) is 60.7 Å². The highest BCUT2D eigenvalue weighted by molar-refractivity contribution is 7.46. The van der Waals surface area contributed by atoms with E-state index in [2.05, 4.69) is 10.2 Å². The Kier molecular flexibility index (Phi) is 5.23. The third-order valence-electron chi connectivity index (χ3n) is 4.30. The fraction of sp³-hybridized carbons (Fsp3) is 0. The molecular weight excluding hydrogens is 387 g/mol. The Hall–Kier alpha value is -3.31. The van der Waals surface area contributed by atoms with E-state index in [1.165, 1.54) is 6.07 Å². The minimum absolute atomic E-state index is 0.0772. The molecule has 0 radical (unpaired) electrons. The maximum Gasteiger partial charge on any atom is 0.524 e. The van der Waals surface area contributed by atoms with Crippen LogP contribution in [-0.4, -0.2) is 9.79 Å². The van der Waals surface area contributed by atoms with E-state index in [1.54, 1.807) is 12.1 Å². The number of nitrogens with zero attached hydrogens (tertiary/aromatic N) is 2. The highest BCUT2D eigenvalue weighted by Gasteiger charge is 2.20. The largest absolute Gasteiger partial charge is 0.524 e. The van der Waals surface area contributed by atoms with Crippen molar-refractivity contribution in [3.63, 3.8) is 0 Å². The molecule has 0 aromatic heterocycles. The van der Waals surface area contributed by atoms with Gasteiger partial charge in [0, 0.05) is 5.56 Å². The second-order valence-electron chi connectivity index (χ2n) is 6.32. The van der Waals surface area contributed by atoms with Crippen LogP contribution in [0.2, 0.25) is 0 Å². The first kappa shape index (κ1) is 19.0. The lowest BCUT2D eigenvalue weighted by Gasteiger charge is -2.14. The van der Waals surface area contributed by atoms with Crippen molar-refractivity contribution in [3.8, 4) is 16.9 Å². The van der Waals surface area contributed by atoms with Crippen molar-refractivity contribution in [2.45, 2.75) is 0 Å². The molecular formula is C22H17N2O4P. The van der Waals surface area contributed by atoms with E-state index in [0.29, 0.717) is 16.9 Å². The molecule has 0 saturated carbocycles. The van der Waals surface area contributed by atoms with Crippen LogP contribution in [0.25, 0.3) is 21.9 Å². The normalized spacial score (nSPS) is 11.8. The van der Waals surface area contributed by atoms with E-state index in [4.69, 9.17) is 4.52 Å². The van der Waals surface area contributed by atoms with E-state index in [1.807, 2.05) is 72.8 Å². The molecule has 0 atom stereocenters. The number of phosphoric ester groups is 1. The average molecular weight is 404 g/mol. The first-order valence-electron chi connectivity index (χ1n) is 8.84. The maximum absolute atomic E-state index is 11.5. The van der Waals surface area contributed by atoms with Crippen LogP contribution in [0.1, 0.15) is 0 Å². The maximum atomic E-state index is 11.5. The molecule has 29 heavy (non-hydrogen) atoms. The molecule has 0 saturated heterocycles. The van der Waals surface area contributed by atoms with Gasteiger partial charge in [0.25, 0.3) is 0 Å². The second kappa shape index (κ2) is 7.97. The summed E-state index contributed by atoms with van der Waals surface area (Å²) < 4.78 is 16.4. The molecule has 0 aliphatic carbocycles. The Balaban J connectivity index is 1.84. The Morgan fingerprint density at radius 1 is 0.690 bits per heavy atom. The van der Waals surface area contributed by atoms with Gasteiger partial charge in [0.15, 0.2) is 0 Å². The van der Waals surface area contributed by atoms with Gasteiger partial charge in [-0.05, 0) is 46.7 Å². The Morgan fingerprint density at radius 2 is 1.38 bits per heavy atom. The van der Waals surface area contributed by atoms with Gasteiger partial charge in [-0.15, -0.1) is 0 Å². The van der Waals surface area contributed by atoms with Gasteiger partial charge in [-0.25, -0.2) is 4.57 Å². The molecule has 0 bridgehead atoms. The minimum Gasteiger partial charge on any atom is -0.404 e. The van der Waals surface area contributed by atoms with Crippen molar-refractivity contribution in [1.82, 2.24) is 0 Å². The van der Waals surface area contributed by atoms with Crippen molar-refractivity contribution in [1.29, 1.82) is 0 Å². The number of benzene rings is 4. The summed E-state index contributed by atoms with van der Waals surface area (Å²) in [5.74, 6) is 0.0772. The van der Waals surface area contributed by atoms with Gasteiger partial charge < -0.3 is 4.52 Å². The van der Waals surface area contributed by atoms with Crippen LogP contribution >= 0.6 is 7.82 Å². The lowest BCUT2D eigenvalue weighted by Crippen LogP contribution is -1.93. The lowest BCUT2D eigenvalue weighted by molar-refractivity contribution is 0.283. The minimum atomic E-state index is -4.73. The van der Waals surface area contributed by atoms with Crippen molar-refractivity contribution in [3.05, 3.63) is 91.0 Å². The van der Waals surface area contributed by atoms with Crippen molar-refractivity contribution in [2.24, 2.45) is 10.2 Å². The summed E-state index contributed by atoms with van der Waals surface area (Å²) in [5.41, 5.74) is 2.54. The van der Waals surface area contributed by atoms with Gasteiger partial charge in [0.2, 0.25) is 0 Å². The number of hydrogen-bond acceptors (Lipinski definition) is 4. The van der Waals surface area contributed by atoms with Crippen molar-refractivity contribution >= 4 is 30.0 Å². The first-order chi connectivity index (χ1) is 14.0. The third-order valence-corrected chi connectivity index (χ3v) is 4.73. The monoisotopic (exact) mass is 404 g/mol. The van der Waals surface area contributed by atoms with Crippen LogP contribution in [-0.2, 0) is 4.57 Å². The molecule has 2 N–H and O–H groups in total. The molecule has 144 valence electrons. The van der Waals surface area contributed by atoms with E-state index in [-0.39, 0.29) is 5.75 Å². The zero-order valence-corrected chi connectivity index (χ0v) is 16.1. The van der Waals surface area contributed by atoms with Gasteiger partial charge in [-0.2, -0.15) is 10.2 Å². The molecule has 0 amide bonds. The summed E-state index contributed by atoms with van der Waals surface area (Å²) in [5, 5.41) is 10.4. The van der Waals surface area contributed by atoms with Crippen LogP contribution in [0.4, 0.5) is 11.4 Å². The number of rotatable bonds is 5. The fourth-order valence-corrected chi connectivity index (χ4v) is 3.48. The summed E-state index contributed by atoms with van der Waals surface area (Å²) in [6, 6.07) is 27.6. The Labute approximate surface area is 167 Å². The predicted octanol–water partition coefficient (Wildman–Crippen LogP) is 6.39. The van der Waals surface area contributed by atoms with Crippen LogP contribution < -0.4 is 4.52 Å². The average Bonchev–Trinajstić information content (AvgIpc) is 2.72. The number of fused-ring (bicyclic) bond motifs is 1. The second-order valence-corrected chi connectivity index (χ2v) is 7.49. The number of phosphoric acid groups is 1. The quantitative estimate of drug-likeness (QED) is 0.298. The number of hydrogen-bond donors (Lipinski definition) is 2. The SMILES string of the molecule is O=P(O)(O)Oc1ccc(/N=N/c2ccccc2)cc1-c1cccc2ccccc12. The van der Waals surface area contributed by atoms with E-state index < -0.39 is 7.82 Å². The van der Waals surface area contributed by atoms with E-state index >= 15 is 0 Å². The molecule has 0 heterocycles. The lowest BCUT2D eigenvalue weighted by atomic mass is 9.97. The van der Waals surface area contributed by atoms with E-state index in [0.717, 1.165) is 16.3 Å². The van der Waals surface area contributed by atoms with Crippen LogP contribution in [0.3, 0.4) is 0 Å². The Bertz CT molecular complexity index is 1230. The van der Waals surface area contributed by atoms with Crippen LogP contribution in [0, 0.1) is 0 Å². The van der Waals surface area contributed by atoms with Gasteiger partial charge in [0.1, 0.15) is 5.75 Å². The molecule has 4 aromatic carbocycles. The molecule has 0 fully saturated rings. The standard InChI is InChI=1S/C22H17N2O4P/c25-29(26,27)28-22-14-13-18(24-23-17-9-2-1-3-10-17)15-21(22)20-12-6-8-16-7-4-5-11-19(16)20/h1-15H,(H2,25,26,27)/b24-23+. The van der Waals surface area contributed by atoms with Gasteiger partial charge in [0.05, 0.1) is 11.4 Å². The molecule has 0 aliphatic heterocycles. The Morgan fingerprint density at radius 3 is 2.17 bits per heavy atom. The summed E-state index contributed by atoms with van der Waals surface area (Å²) in [6.45, 7) is 0. The zero-order chi connectivity index (χ0) is 20.3. The summed E-state index contributed by atoms with van der Waals surface area (Å²) in [6.07, 6.45) is 0. The number of azo groups is 1. The first-order valence-corrected chi connectivity index (χ1v) is 10.4. The van der Waals surface area contributed by atoms with Crippen molar-refractivity contribution < 1.29 is 18.9 Å². The van der Waals surface area contributed by atoms with Gasteiger partial charge in [-0.3, -0.25) is 9.79 Å². The molecule has 6 nitrogen and oxygen atoms in total. The van der Waals surface area contributed by atoms with Gasteiger partial charge >= 0.3 is 7.82 Å². The zero-order valence-electron chi connectivity index (χ0n) is 15.2. The molecule has 4 rings (SSSR count). The smallest absolute Gasteiger partial charge is 0.404 e. The summed E-state index contributed by atoms with van der Waals surface area (Å²) in [7, 11) is -4.73. The molecule has 4 aromatic rings. The predicted molar refractivity (Wildman–Crippen MR) is 113 cm³/mol. The molecule has 0 aliphatic rings. The summed E-state index contributed by atoms with van der Waals surface area (Å²) in [4.78, 5) is 18.6. The highest BCUT2D eigenvalue weighted by atomic mass is 31.2. The fourth-order valence-electron chi connectivity index (χ4n) is 3.07. The van der Waals surface area contributed by atoms with Crippen molar-refractivity contribution in [2.75, 3.05) is 0 Å². The molecule has 0 unspecified atom stereocenters. The highest BCUT2D eigenvalue weighted by Crippen LogP contribution is 2.45. The van der Waals surface area contributed by atoms with Crippen LogP contribution in [0.15, 0.2) is 101 Å². The molecule has 7 heteroatoms. The van der Waals surface area contributed by atoms with E-state index in [9.17, 15) is 14.4 Å². The third kappa shape index (κ3) is 4.58. The molecule has 0 spiro atoms. The summed E-state index contributed by atoms with van der Waals surface area (Å²) >= 11 is 0. The topological polar surface area (TPSA) is 91.5 Å². The van der Waals surface area contributed by atoms with Crippen LogP contribution in [0.5, 0.6) is 5.75 Å².